The lowest BCUT2D eigenvalue weighted by Crippen LogP contribution is -2.27. The van der Waals surface area contributed by atoms with Crippen LogP contribution in [0.5, 0.6) is 0 Å². The molecule has 162 valence electrons. The Balaban J connectivity index is 2.39. The van der Waals surface area contributed by atoms with E-state index in [9.17, 15) is 13.4 Å². The maximum atomic E-state index is 13.5. The Morgan fingerprint density at radius 2 is 2.00 bits per heavy atom. The average Bonchev–Trinajstić information content (AvgIpc) is 3.01. The number of carbonyl (C=O) groups excluding carboxylic acids is 1. The maximum absolute atomic E-state index is 13.5. The molecule has 0 aliphatic rings. The molecule has 2 atom stereocenters. The summed E-state index contributed by atoms with van der Waals surface area (Å²) in [5.74, 6) is -1.12. The van der Waals surface area contributed by atoms with Gasteiger partial charge in [0, 0.05) is 15.5 Å². The minimum atomic E-state index is -1.54. The molecule has 1 N–H and O–H groups in total. The number of benzene rings is 1. The summed E-state index contributed by atoms with van der Waals surface area (Å²) in [6, 6.07) is 6.85. The molecule has 1 amide bonds. The molecule has 0 saturated heterocycles. The van der Waals surface area contributed by atoms with Crippen molar-refractivity contribution in [1.29, 1.82) is 0 Å². The molecular weight excluding hydrogens is 449 g/mol. The molecule has 1 unspecified atom stereocenters. The fourth-order valence-electron chi connectivity index (χ4n) is 2.13. The van der Waals surface area contributed by atoms with E-state index in [1.54, 1.807) is 41.5 Å². The molecule has 1 heterocycles. The van der Waals surface area contributed by atoms with Crippen LogP contribution in [0.25, 0.3) is 4.25 Å². The van der Waals surface area contributed by atoms with Crippen LogP contribution in [0.3, 0.4) is 0 Å². The van der Waals surface area contributed by atoms with Gasteiger partial charge in [0.1, 0.15) is 16.2 Å². The molecule has 0 radical (unpaired) electrons. The molecule has 6 nitrogen and oxygen atoms in total. The van der Waals surface area contributed by atoms with Crippen LogP contribution in [0, 0.1) is 11.9 Å². The van der Waals surface area contributed by atoms with Gasteiger partial charge in [0.25, 0.3) is 0 Å². The molecule has 2 rings (SSSR count). The third kappa shape index (κ3) is 7.04. The number of halogens is 2. The smallest absolute Gasteiger partial charge is 0.418 e. The fraction of sp³-hybridized carbons (Fsp3) is 0.450. The van der Waals surface area contributed by atoms with Crippen LogP contribution in [0.2, 0.25) is 5.02 Å². The van der Waals surface area contributed by atoms with Gasteiger partial charge in [-0.1, -0.05) is 29.0 Å². The Labute approximate surface area is 187 Å². The predicted molar refractivity (Wildman–Crippen MR) is 120 cm³/mol. The third-order valence-corrected chi connectivity index (χ3v) is 6.10. The molecule has 2 aromatic rings. The van der Waals surface area contributed by atoms with Crippen LogP contribution in [-0.2, 0) is 15.7 Å². The normalized spacial score (nSPS) is 13.7. The van der Waals surface area contributed by atoms with Crippen molar-refractivity contribution >= 4 is 45.1 Å². The van der Waals surface area contributed by atoms with Crippen LogP contribution in [0.15, 0.2) is 24.4 Å². The molecule has 1 aromatic carbocycles. The van der Waals surface area contributed by atoms with Crippen LogP contribution in [-0.4, -0.2) is 25.6 Å². The lowest BCUT2D eigenvalue weighted by Gasteiger charge is -2.18. The van der Waals surface area contributed by atoms with Crippen molar-refractivity contribution in [1.82, 2.24) is 4.98 Å². The van der Waals surface area contributed by atoms with Gasteiger partial charge in [-0.2, -0.15) is 4.21 Å². The van der Waals surface area contributed by atoms with Gasteiger partial charge in [-0.15, -0.1) is 0 Å². The number of hydrogen-bond donors (Lipinski definition) is 1. The van der Waals surface area contributed by atoms with E-state index in [1.165, 1.54) is 35.7 Å². The van der Waals surface area contributed by atoms with E-state index < -0.39 is 39.2 Å². The number of thiazole rings is 1. The molecule has 0 saturated carbocycles. The highest BCUT2D eigenvalue weighted by Gasteiger charge is 2.31. The van der Waals surface area contributed by atoms with Crippen molar-refractivity contribution in [2.24, 2.45) is 0 Å². The molecule has 0 aliphatic carbocycles. The van der Waals surface area contributed by atoms with Gasteiger partial charge in [0.05, 0.1) is 4.88 Å². The predicted octanol–water partition coefficient (Wildman–Crippen LogP) is 6.21. The SMILES string of the molecule is CC(C)(C)OC(=O)Nc1ncc(C(C#[N+][S@](=O)C(C)(C)C)c2ccc(F)cc2Cl)s1. The number of nitrogens with zero attached hydrogens (tertiary/aromatic N) is 2. The van der Waals surface area contributed by atoms with Crippen LogP contribution in [0.1, 0.15) is 57.9 Å². The first-order valence-electron chi connectivity index (χ1n) is 9.05. The zero-order valence-electron chi connectivity index (χ0n) is 17.6. The summed E-state index contributed by atoms with van der Waals surface area (Å²) in [4.78, 5) is 16.8. The first-order chi connectivity index (χ1) is 13.8. The summed E-state index contributed by atoms with van der Waals surface area (Å²) in [5, 5.41) is 3.06. The van der Waals surface area contributed by atoms with E-state index in [4.69, 9.17) is 16.3 Å². The first-order valence-corrected chi connectivity index (χ1v) is 11.4. The van der Waals surface area contributed by atoms with Crippen LogP contribution >= 0.6 is 22.9 Å². The lowest BCUT2D eigenvalue weighted by atomic mass is 9.99. The second-order valence-electron chi connectivity index (χ2n) is 8.38. The van der Waals surface area contributed by atoms with Gasteiger partial charge >= 0.3 is 23.1 Å². The van der Waals surface area contributed by atoms with Gasteiger partial charge in [-0.25, -0.2) is 14.2 Å². The Bertz CT molecular complexity index is 1020. The summed E-state index contributed by atoms with van der Waals surface area (Å²) in [6.07, 6.45) is 0.899. The number of amides is 1. The highest BCUT2D eigenvalue weighted by molar-refractivity contribution is 7.88. The zero-order valence-corrected chi connectivity index (χ0v) is 20.0. The quantitative estimate of drug-likeness (QED) is 0.576. The number of nitrogens with one attached hydrogen (secondary N) is 1. The minimum Gasteiger partial charge on any atom is -0.444 e. The standard InChI is InChI=1S/C20H23ClFN3O3S2/c1-19(2,3)28-18(26)25-17-23-11-16(29-17)14(10-24-30(27)20(4,5)6)13-8-7-12(22)9-15(13)21/h7-9,11,14H,1-6H3/p+1/t14?,30-/m1/s1. The monoisotopic (exact) mass is 472 g/mol. The van der Waals surface area contributed by atoms with Gasteiger partial charge < -0.3 is 4.74 Å². The van der Waals surface area contributed by atoms with Crippen molar-refractivity contribution in [3.05, 3.63) is 49.9 Å². The Morgan fingerprint density at radius 1 is 1.33 bits per heavy atom. The van der Waals surface area contributed by atoms with Crippen molar-refractivity contribution in [3.63, 3.8) is 0 Å². The van der Waals surface area contributed by atoms with Crippen molar-refractivity contribution in [2.45, 2.75) is 57.8 Å². The number of rotatable bonds is 3. The molecular formula is C20H24ClFN3O3S2+. The summed E-state index contributed by atoms with van der Waals surface area (Å²) >= 11 is 7.41. The lowest BCUT2D eigenvalue weighted by molar-refractivity contribution is 0.0636. The van der Waals surface area contributed by atoms with Gasteiger partial charge in [0.2, 0.25) is 0 Å². The van der Waals surface area contributed by atoms with Gasteiger partial charge in [-0.05, 0) is 59.2 Å². The second kappa shape index (κ2) is 9.41. The van der Waals surface area contributed by atoms with Gasteiger partial charge in [0.15, 0.2) is 11.0 Å². The maximum Gasteiger partial charge on any atom is 0.418 e. The largest absolute Gasteiger partial charge is 0.444 e. The third-order valence-electron chi connectivity index (χ3n) is 3.48. The highest BCUT2D eigenvalue weighted by atomic mass is 35.5. The fourth-order valence-corrected chi connectivity index (χ4v) is 3.75. The van der Waals surface area contributed by atoms with Crippen molar-refractivity contribution in [2.75, 3.05) is 5.32 Å². The number of ether oxygens (including phenoxy) is 1. The van der Waals surface area contributed by atoms with E-state index in [0.717, 1.165) is 0 Å². The van der Waals surface area contributed by atoms with Crippen LogP contribution in [0.4, 0.5) is 14.3 Å². The van der Waals surface area contributed by atoms with E-state index in [-0.39, 0.29) is 5.02 Å². The highest BCUT2D eigenvalue weighted by Crippen LogP contribution is 2.35. The molecule has 0 aliphatic heterocycles. The zero-order chi connectivity index (χ0) is 22.7. The minimum absolute atomic E-state index is 0.180. The molecule has 30 heavy (non-hydrogen) atoms. The Morgan fingerprint density at radius 3 is 2.57 bits per heavy atom. The first kappa shape index (κ1) is 24.3. The van der Waals surface area contributed by atoms with E-state index in [1.807, 2.05) is 0 Å². The van der Waals surface area contributed by atoms with Crippen LogP contribution < -0.4 is 5.32 Å². The number of anilines is 1. The topological polar surface area (TPSA) is 72.7 Å². The molecule has 1 aromatic heterocycles. The summed E-state index contributed by atoms with van der Waals surface area (Å²) in [6.45, 7) is 10.7. The summed E-state index contributed by atoms with van der Waals surface area (Å²) < 4.78 is 34.6. The number of hydrogen-bond acceptors (Lipinski definition) is 5. The van der Waals surface area contributed by atoms with Gasteiger partial charge in [-0.3, -0.25) is 5.32 Å². The molecule has 0 fully saturated rings. The number of aromatic nitrogens is 1. The molecule has 10 heteroatoms. The Kier molecular flexibility index (Phi) is 7.61. The second-order valence-corrected chi connectivity index (χ2v) is 11.8. The van der Waals surface area contributed by atoms with Crippen molar-refractivity contribution in [3.8, 4) is 6.07 Å². The molecule has 0 bridgehead atoms. The van der Waals surface area contributed by atoms with E-state index in [0.29, 0.717) is 15.6 Å². The summed E-state index contributed by atoms with van der Waals surface area (Å²) in [7, 11) is -1.54. The number of carbonyl (C=O) groups is 1. The Hall–Kier alpha value is -2.02. The molecule has 0 spiro atoms. The summed E-state index contributed by atoms with van der Waals surface area (Å²) in [5.41, 5.74) is -0.119. The van der Waals surface area contributed by atoms with Crippen molar-refractivity contribution < 1.29 is 18.1 Å². The van der Waals surface area contributed by atoms with E-state index >= 15 is 0 Å². The average molecular weight is 473 g/mol. The van der Waals surface area contributed by atoms with E-state index in [2.05, 4.69) is 20.6 Å².